The van der Waals surface area contributed by atoms with Crippen molar-refractivity contribution in [3.05, 3.63) is 35.4 Å². The molecule has 1 saturated carbocycles. The number of alkyl halides is 4. The van der Waals surface area contributed by atoms with Gasteiger partial charge in [-0.1, -0.05) is 0 Å². The highest BCUT2D eigenvalue weighted by Crippen LogP contribution is 2.38. The lowest BCUT2D eigenvalue weighted by molar-refractivity contribution is -0.330. The molecule has 1 aliphatic carbocycles. The van der Waals surface area contributed by atoms with Crippen LogP contribution in [0.3, 0.4) is 0 Å². The number of aromatic nitrogens is 5. The minimum Gasteiger partial charge on any atom is -0.443 e. The zero-order chi connectivity index (χ0) is 25.3. The molecule has 0 radical (unpaired) electrons. The number of anilines is 2. The van der Waals surface area contributed by atoms with E-state index in [9.17, 15) is 22.4 Å². The molecule has 1 amide bonds. The van der Waals surface area contributed by atoms with E-state index >= 15 is 0 Å². The number of halogens is 4. The summed E-state index contributed by atoms with van der Waals surface area (Å²) in [4.78, 5) is 20.3. The molecule has 3 aromatic rings. The van der Waals surface area contributed by atoms with Gasteiger partial charge < -0.3 is 15.4 Å². The molecular formula is C21H25F4N7O3. The van der Waals surface area contributed by atoms with Crippen LogP contribution >= 0.6 is 0 Å². The van der Waals surface area contributed by atoms with E-state index in [0.29, 0.717) is 29.3 Å². The Labute approximate surface area is 197 Å². The Kier molecular flexibility index (Phi) is 6.83. The third-order valence-electron chi connectivity index (χ3n) is 5.39. The van der Waals surface area contributed by atoms with Crippen LogP contribution in [-0.2, 0) is 16.1 Å². The predicted octanol–water partition coefficient (Wildman–Crippen LogP) is 4.26. The minimum absolute atomic E-state index is 0.0768. The van der Waals surface area contributed by atoms with Crippen LogP contribution in [0.5, 0.6) is 0 Å². The van der Waals surface area contributed by atoms with Crippen LogP contribution in [0.2, 0.25) is 0 Å². The van der Waals surface area contributed by atoms with E-state index in [1.54, 1.807) is 32.9 Å². The van der Waals surface area contributed by atoms with Crippen molar-refractivity contribution in [2.24, 2.45) is 0 Å². The molecule has 0 bridgehead atoms. The number of alkyl carbamates (subject to hydrolysis) is 1. The van der Waals surface area contributed by atoms with Gasteiger partial charge in [0.15, 0.2) is 5.82 Å². The van der Waals surface area contributed by atoms with Crippen molar-refractivity contribution in [3.63, 3.8) is 0 Å². The standard InChI is InChI=1S/C21H25F4N7O3/c1-10(2)26-20(33)35-16-6-12(5-14(16)22)15-7-17(31-30-15)29-19-27-11(3)4-18-28-13(8-32(18)19)9-34-21(23,24)25/h4,7-8,10,12,14,16H,5-6,9H2,1-3H3,(H,26,33)(H2,27,29,30,31)/t12-,14+,16-/m0/s1. The van der Waals surface area contributed by atoms with E-state index < -0.39 is 31.3 Å². The average molecular weight is 499 g/mol. The number of H-pyrrole nitrogens is 1. The maximum atomic E-state index is 14.5. The molecule has 4 rings (SSSR count). The van der Waals surface area contributed by atoms with Gasteiger partial charge in [0.1, 0.15) is 17.9 Å². The van der Waals surface area contributed by atoms with Gasteiger partial charge in [0.2, 0.25) is 5.95 Å². The quantitative estimate of drug-likeness (QED) is 0.416. The molecule has 14 heteroatoms. The van der Waals surface area contributed by atoms with E-state index in [4.69, 9.17) is 4.74 Å². The molecule has 0 unspecified atom stereocenters. The monoisotopic (exact) mass is 499 g/mol. The Hall–Kier alpha value is -3.42. The highest BCUT2D eigenvalue weighted by molar-refractivity contribution is 5.67. The van der Waals surface area contributed by atoms with Crippen molar-refractivity contribution in [2.75, 3.05) is 5.32 Å². The van der Waals surface area contributed by atoms with Crippen molar-refractivity contribution in [1.29, 1.82) is 0 Å². The third-order valence-corrected chi connectivity index (χ3v) is 5.39. The molecule has 3 aromatic heterocycles. The molecule has 0 saturated heterocycles. The van der Waals surface area contributed by atoms with Gasteiger partial charge in [-0.15, -0.1) is 13.2 Å². The lowest BCUT2D eigenvalue weighted by atomic mass is 10.0. The Balaban J connectivity index is 1.45. The van der Waals surface area contributed by atoms with Gasteiger partial charge in [0, 0.05) is 41.7 Å². The molecular weight excluding hydrogens is 474 g/mol. The van der Waals surface area contributed by atoms with Gasteiger partial charge in [-0.05, 0) is 33.6 Å². The van der Waals surface area contributed by atoms with Crippen LogP contribution in [-0.4, -0.2) is 55.3 Å². The van der Waals surface area contributed by atoms with Crippen molar-refractivity contribution in [3.8, 4) is 0 Å². The van der Waals surface area contributed by atoms with Crippen LogP contribution in [0.25, 0.3) is 5.65 Å². The number of rotatable bonds is 7. The predicted molar refractivity (Wildman–Crippen MR) is 116 cm³/mol. The Morgan fingerprint density at radius 1 is 1.29 bits per heavy atom. The number of aromatic amines is 1. The summed E-state index contributed by atoms with van der Waals surface area (Å²) in [6, 6.07) is 3.19. The maximum absolute atomic E-state index is 14.5. The number of imidazole rings is 1. The highest BCUT2D eigenvalue weighted by Gasteiger charge is 2.39. The van der Waals surface area contributed by atoms with E-state index in [1.807, 2.05) is 0 Å². The zero-order valence-corrected chi connectivity index (χ0v) is 19.2. The number of carbonyl (C=O) groups is 1. The van der Waals surface area contributed by atoms with Crippen LogP contribution in [0, 0.1) is 6.92 Å². The van der Waals surface area contributed by atoms with Crippen molar-refractivity contribution >= 4 is 23.5 Å². The summed E-state index contributed by atoms with van der Waals surface area (Å²) in [6.07, 6.45) is -5.74. The average Bonchev–Trinajstić information content (AvgIpc) is 3.44. The van der Waals surface area contributed by atoms with Crippen LogP contribution in [0.1, 0.15) is 49.7 Å². The van der Waals surface area contributed by atoms with Crippen molar-refractivity contribution in [1.82, 2.24) is 29.9 Å². The number of carbonyl (C=O) groups excluding carboxylic acids is 1. The number of nitrogens with one attached hydrogen (secondary N) is 3. The molecule has 0 spiro atoms. The first kappa shape index (κ1) is 24.7. The summed E-state index contributed by atoms with van der Waals surface area (Å²) in [7, 11) is 0. The van der Waals surface area contributed by atoms with E-state index in [0.717, 1.165) is 0 Å². The van der Waals surface area contributed by atoms with Gasteiger partial charge in [-0.2, -0.15) is 5.10 Å². The third kappa shape index (κ3) is 6.18. The normalized spacial score (nSPS) is 20.5. The SMILES string of the molecule is Cc1cc2nc(COC(F)(F)F)cn2c(Nc2cc([C@H]3C[C@@H](F)[C@@H](OC(=O)NC(C)C)C3)[nH]n2)n1. The molecule has 10 nitrogen and oxygen atoms in total. The van der Waals surface area contributed by atoms with Gasteiger partial charge in [0.25, 0.3) is 0 Å². The molecule has 0 aromatic carbocycles. The van der Waals surface area contributed by atoms with Crippen LogP contribution < -0.4 is 10.6 Å². The largest absolute Gasteiger partial charge is 0.522 e. The lowest BCUT2D eigenvalue weighted by Crippen LogP contribution is -2.35. The van der Waals surface area contributed by atoms with Crippen LogP contribution in [0.15, 0.2) is 18.3 Å². The topological polar surface area (TPSA) is 118 Å². The molecule has 0 aliphatic heterocycles. The molecule has 1 aliphatic rings. The fourth-order valence-corrected chi connectivity index (χ4v) is 3.93. The second-order valence-corrected chi connectivity index (χ2v) is 8.68. The number of fused-ring (bicyclic) bond motifs is 1. The highest BCUT2D eigenvalue weighted by atomic mass is 19.4. The Morgan fingerprint density at radius 2 is 2.06 bits per heavy atom. The van der Waals surface area contributed by atoms with Gasteiger partial charge in [-0.3, -0.25) is 14.2 Å². The second-order valence-electron chi connectivity index (χ2n) is 8.68. The van der Waals surface area contributed by atoms with Gasteiger partial charge in [-0.25, -0.2) is 19.2 Å². The Morgan fingerprint density at radius 3 is 2.77 bits per heavy atom. The number of aryl methyl sites for hydroxylation is 1. The maximum Gasteiger partial charge on any atom is 0.522 e. The number of amides is 1. The van der Waals surface area contributed by atoms with E-state index in [1.165, 1.54) is 10.6 Å². The van der Waals surface area contributed by atoms with Crippen molar-refractivity contribution < 1.29 is 31.8 Å². The number of nitrogens with zero attached hydrogens (tertiary/aromatic N) is 4. The summed E-state index contributed by atoms with van der Waals surface area (Å²) >= 11 is 0. The molecule has 3 N–H and O–H groups in total. The van der Waals surface area contributed by atoms with E-state index in [2.05, 4.69) is 35.5 Å². The fourth-order valence-electron chi connectivity index (χ4n) is 3.93. The van der Waals surface area contributed by atoms with E-state index in [-0.39, 0.29) is 30.0 Å². The zero-order valence-electron chi connectivity index (χ0n) is 19.2. The first-order valence-corrected chi connectivity index (χ1v) is 11.0. The summed E-state index contributed by atoms with van der Waals surface area (Å²) in [5.74, 6) is 0.415. The number of ether oxygens (including phenoxy) is 2. The molecule has 3 heterocycles. The summed E-state index contributed by atoms with van der Waals surface area (Å²) in [5.41, 5.74) is 1.69. The first-order valence-electron chi connectivity index (χ1n) is 11.0. The Bertz CT molecular complexity index is 1190. The smallest absolute Gasteiger partial charge is 0.443 e. The number of hydrogen-bond acceptors (Lipinski definition) is 7. The summed E-state index contributed by atoms with van der Waals surface area (Å²) < 4.78 is 62.2. The minimum atomic E-state index is -4.77. The van der Waals surface area contributed by atoms with Gasteiger partial charge in [0.05, 0.1) is 12.3 Å². The number of hydrogen-bond donors (Lipinski definition) is 3. The second kappa shape index (κ2) is 9.68. The fraction of sp³-hybridized carbons (Fsp3) is 0.524. The van der Waals surface area contributed by atoms with Crippen molar-refractivity contribution in [2.45, 2.75) is 70.8 Å². The van der Waals surface area contributed by atoms with Gasteiger partial charge >= 0.3 is 12.5 Å². The van der Waals surface area contributed by atoms with Crippen LogP contribution in [0.4, 0.5) is 34.1 Å². The first-order chi connectivity index (χ1) is 16.5. The summed E-state index contributed by atoms with van der Waals surface area (Å²) in [5, 5.41) is 12.6. The molecule has 3 atom stereocenters. The molecule has 1 fully saturated rings. The lowest BCUT2D eigenvalue weighted by Gasteiger charge is -2.16. The molecule has 190 valence electrons. The molecule has 35 heavy (non-hydrogen) atoms. The summed E-state index contributed by atoms with van der Waals surface area (Å²) in [6.45, 7) is 4.54.